The van der Waals surface area contributed by atoms with Crippen molar-refractivity contribution in [1.82, 2.24) is 0 Å². The highest BCUT2D eigenvalue weighted by atomic mass is 31.2. The number of carbonyl (C=O) groups is 1. The second-order valence-electron chi connectivity index (χ2n) is 10.8. The number of phosphoric acid groups is 1. The highest BCUT2D eigenvalue weighted by molar-refractivity contribution is 7.46. The lowest BCUT2D eigenvalue weighted by Crippen LogP contribution is -2.28. The van der Waals surface area contributed by atoms with Crippen LogP contribution in [0.2, 0.25) is 0 Å². The van der Waals surface area contributed by atoms with E-state index in [1.165, 1.54) is 109 Å². The van der Waals surface area contributed by atoms with Crippen molar-refractivity contribution in [3.63, 3.8) is 0 Å². The fourth-order valence-corrected chi connectivity index (χ4v) is 4.92. The van der Waals surface area contributed by atoms with E-state index in [9.17, 15) is 9.36 Å². The second-order valence-corrected chi connectivity index (χ2v) is 12.0. The number of unbranched alkanes of at least 4 members (excludes halogenated alkanes) is 20. The second kappa shape index (κ2) is 28.1. The van der Waals surface area contributed by atoms with Crippen LogP contribution < -0.4 is 0 Å². The van der Waals surface area contributed by atoms with Gasteiger partial charge in [-0.25, -0.2) is 4.57 Å². The van der Waals surface area contributed by atoms with Crippen LogP contribution in [-0.4, -0.2) is 41.7 Å². The van der Waals surface area contributed by atoms with Gasteiger partial charge in [0.2, 0.25) is 0 Å². The molecule has 0 aromatic heterocycles. The van der Waals surface area contributed by atoms with Crippen LogP contribution in [0.4, 0.5) is 0 Å². The molecule has 8 heteroatoms. The molecule has 0 saturated carbocycles. The molecule has 7 nitrogen and oxygen atoms in total. The van der Waals surface area contributed by atoms with E-state index in [-0.39, 0.29) is 19.2 Å². The fraction of sp³-hybridized carbons (Fsp3) is 0.967. The molecule has 0 saturated heterocycles. The molecule has 38 heavy (non-hydrogen) atoms. The summed E-state index contributed by atoms with van der Waals surface area (Å²) in [5.41, 5.74) is 0. The molecule has 0 rings (SSSR count). The van der Waals surface area contributed by atoms with Gasteiger partial charge in [-0.2, -0.15) is 0 Å². The van der Waals surface area contributed by atoms with Crippen LogP contribution >= 0.6 is 7.82 Å². The Bertz CT molecular complexity index is 553. The van der Waals surface area contributed by atoms with Crippen molar-refractivity contribution < 1.29 is 33.1 Å². The van der Waals surface area contributed by atoms with Crippen molar-refractivity contribution >= 4 is 13.8 Å². The van der Waals surface area contributed by atoms with Gasteiger partial charge >= 0.3 is 13.8 Å². The first-order valence-electron chi connectivity index (χ1n) is 15.9. The molecule has 0 spiro atoms. The monoisotopic (exact) mass is 564 g/mol. The third kappa shape index (κ3) is 30.1. The molecule has 0 heterocycles. The zero-order valence-electron chi connectivity index (χ0n) is 24.8. The minimum absolute atomic E-state index is 0.0851. The summed E-state index contributed by atoms with van der Waals surface area (Å²) in [5, 5.41) is 0. The molecule has 1 atom stereocenters. The number of phosphoric ester groups is 1. The predicted molar refractivity (Wildman–Crippen MR) is 156 cm³/mol. The maximum absolute atomic E-state index is 12.2. The van der Waals surface area contributed by atoms with E-state index in [1.807, 2.05) is 0 Å². The molecule has 0 aromatic rings. The molecule has 0 unspecified atom stereocenters. The maximum atomic E-state index is 12.2. The Hall–Kier alpha value is -0.460. The summed E-state index contributed by atoms with van der Waals surface area (Å²) in [7, 11) is -4.63. The molecule has 0 bridgehead atoms. The Morgan fingerprint density at radius 2 is 1.00 bits per heavy atom. The highest BCUT2D eigenvalue weighted by Crippen LogP contribution is 2.35. The van der Waals surface area contributed by atoms with Crippen molar-refractivity contribution in [3.8, 4) is 0 Å². The van der Waals surface area contributed by atoms with E-state index in [4.69, 9.17) is 19.3 Å². The van der Waals surface area contributed by atoms with Gasteiger partial charge in [-0.3, -0.25) is 9.32 Å². The van der Waals surface area contributed by atoms with Gasteiger partial charge in [-0.1, -0.05) is 142 Å². The van der Waals surface area contributed by atoms with Crippen molar-refractivity contribution in [1.29, 1.82) is 0 Å². The van der Waals surface area contributed by atoms with Gasteiger partial charge in [0.25, 0.3) is 0 Å². The summed E-state index contributed by atoms with van der Waals surface area (Å²) < 4.78 is 26.7. The molecule has 0 aliphatic rings. The van der Waals surface area contributed by atoms with E-state index in [1.54, 1.807) is 0 Å². The first kappa shape index (κ1) is 37.5. The van der Waals surface area contributed by atoms with Gasteiger partial charge < -0.3 is 19.3 Å². The number of hydrogen-bond acceptors (Lipinski definition) is 5. The molecule has 0 amide bonds. The quantitative estimate of drug-likeness (QED) is 0.0509. The van der Waals surface area contributed by atoms with Crippen molar-refractivity contribution in [2.45, 2.75) is 168 Å². The summed E-state index contributed by atoms with van der Waals surface area (Å²) in [6.45, 7) is 4.74. The minimum Gasteiger partial charge on any atom is -0.457 e. The van der Waals surface area contributed by atoms with E-state index in [0.29, 0.717) is 13.0 Å². The van der Waals surface area contributed by atoms with Crippen LogP contribution in [-0.2, 0) is 23.4 Å². The SMILES string of the molecule is CCCCCCCCCCCCCCOC[C@H](COP(=O)(O)O)OC(=O)CCCCCCCCCCCC. The van der Waals surface area contributed by atoms with Crippen LogP contribution in [0.25, 0.3) is 0 Å². The topological polar surface area (TPSA) is 102 Å². The van der Waals surface area contributed by atoms with E-state index in [0.717, 1.165) is 32.1 Å². The number of esters is 1. The lowest BCUT2D eigenvalue weighted by Gasteiger charge is -2.18. The van der Waals surface area contributed by atoms with Gasteiger partial charge in [0.05, 0.1) is 13.2 Å². The molecule has 228 valence electrons. The molecular weight excluding hydrogens is 503 g/mol. The number of hydrogen-bond donors (Lipinski definition) is 2. The van der Waals surface area contributed by atoms with E-state index < -0.39 is 13.9 Å². The van der Waals surface area contributed by atoms with Gasteiger partial charge in [0, 0.05) is 13.0 Å². The largest absolute Gasteiger partial charge is 0.469 e. The zero-order valence-corrected chi connectivity index (χ0v) is 25.7. The van der Waals surface area contributed by atoms with E-state index >= 15 is 0 Å². The fourth-order valence-electron chi connectivity index (χ4n) is 4.56. The van der Waals surface area contributed by atoms with Crippen molar-refractivity contribution in [3.05, 3.63) is 0 Å². The van der Waals surface area contributed by atoms with Crippen LogP contribution in [0.15, 0.2) is 0 Å². The molecule has 0 aliphatic carbocycles. The third-order valence-corrected chi connectivity index (χ3v) is 7.39. The summed E-state index contributed by atoms with van der Waals surface area (Å²) in [4.78, 5) is 30.2. The van der Waals surface area contributed by atoms with Gasteiger partial charge in [-0.15, -0.1) is 0 Å². The molecule has 0 aliphatic heterocycles. The first-order chi connectivity index (χ1) is 18.4. The summed E-state index contributed by atoms with van der Waals surface area (Å²) in [6.07, 6.45) is 26.6. The number of ether oxygens (including phenoxy) is 2. The van der Waals surface area contributed by atoms with E-state index in [2.05, 4.69) is 18.4 Å². The predicted octanol–water partition coefficient (Wildman–Crippen LogP) is 9.04. The first-order valence-corrected chi connectivity index (χ1v) is 17.4. The number of rotatable bonds is 30. The normalized spacial score (nSPS) is 12.6. The molecule has 0 fully saturated rings. The lowest BCUT2D eigenvalue weighted by molar-refractivity contribution is -0.154. The minimum atomic E-state index is -4.63. The van der Waals surface area contributed by atoms with Crippen molar-refractivity contribution in [2.24, 2.45) is 0 Å². The highest BCUT2D eigenvalue weighted by Gasteiger charge is 2.21. The molecular formula is C30H61O7P. The third-order valence-electron chi connectivity index (χ3n) is 6.91. The van der Waals surface area contributed by atoms with Gasteiger partial charge in [0.1, 0.15) is 6.10 Å². The lowest BCUT2D eigenvalue weighted by atomic mass is 10.1. The van der Waals surface area contributed by atoms with Crippen LogP contribution in [0.3, 0.4) is 0 Å². The Morgan fingerprint density at radius 3 is 1.42 bits per heavy atom. The molecule has 0 aromatic carbocycles. The maximum Gasteiger partial charge on any atom is 0.469 e. The molecule has 0 radical (unpaired) electrons. The Morgan fingerprint density at radius 1 is 0.605 bits per heavy atom. The van der Waals surface area contributed by atoms with Crippen LogP contribution in [0.1, 0.15) is 162 Å². The summed E-state index contributed by atoms with van der Waals surface area (Å²) in [6, 6.07) is 0. The van der Waals surface area contributed by atoms with Gasteiger partial charge in [0.15, 0.2) is 0 Å². The van der Waals surface area contributed by atoms with Gasteiger partial charge in [-0.05, 0) is 12.8 Å². The van der Waals surface area contributed by atoms with Crippen molar-refractivity contribution in [2.75, 3.05) is 19.8 Å². The summed E-state index contributed by atoms with van der Waals surface area (Å²) in [5.74, 6) is -0.363. The Kier molecular flexibility index (Phi) is 27.7. The zero-order chi connectivity index (χ0) is 28.2. The summed E-state index contributed by atoms with van der Waals surface area (Å²) >= 11 is 0. The smallest absolute Gasteiger partial charge is 0.457 e. The number of carbonyl (C=O) groups excluding carboxylic acids is 1. The van der Waals surface area contributed by atoms with Crippen LogP contribution in [0.5, 0.6) is 0 Å². The standard InChI is InChI=1S/C30H61O7P/c1-3-5-7-9-11-13-15-16-18-20-22-24-26-35-27-29(28-36-38(32,33)34)37-30(31)25-23-21-19-17-14-12-10-8-6-4-2/h29H,3-28H2,1-2H3,(H2,32,33,34)/t29-/m1/s1. The van der Waals surface area contributed by atoms with Crippen LogP contribution in [0, 0.1) is 0 Å². The molecule has 2 N–H and O–H groups in total. The Balaban J connectivity index is 3.86. The average molecular weight is 565 g/mol. The Labute approximate surface area is 234 Å². The average Bonchev–Trinajstić information content (AvgIpc) is 2.88.